The molecule has 96 valence electrons. The Morgan fingerprint density at radius 2 is 2.00 bits per heavy atom. The van der Waals surface area contributed by atoms with E-state index in [1.165, 1.54) is 6.33 Å². The first kappa shape index (κ1) is 12.3. The number of hydrogen-bond donors (Lipinski definition) is 2. The average molecular weight is 249 g/mol. The van der Waals surface area contributed by atoms with E-state index in [4.69, 9.17) is 0 Å². The first-order valence-electron chi connectivity index (χ1n) is 5.75. The van der Waals surface area contributed by atoms with Crippen molar-refractivity contribution in [3.63, 3.8) is 0 Å². The molecule has 2 N–H and O–H groups in total. The second-order valence-corrected chi connectivity index (χ2v) is 3.96. The van der Waals surface area contributed by atoms with Crippen LogP contribution in [0, 0.1) is 0 Å². The summed E-state index contributed by atoms with van der Waals surface area (Å²) in [7, 11) is 1.78. The van der Waals surface area contributed by atoms with E-state index in [0.29, 0.717) is 5.82 Å². The lowest BCUT2D eigenvalue weighted by atomic mass is 10.2. The first-order valence-corrected chi connectivity index (χ1v) is 5.75. The monoisotopic (exact) mass is 249 g/mol. The van der Waals surface area contributed by atoms with Crippen molar-refractivity contribution in [2.24, 2.45) is 0 Å². The number of hydrogen-bond acceptors (Lipinski definition) is 6. The zero-order valence-electron chi connectivity index (χ0n) is 10.4. The number of imide groups is 1. The average Bonchev–Trinajstić information content (AvgIpc) is 2.36. The third-order valence-corrected chi connectivity index (χ3v) is 2.76. The minimum absolute atomic E-state index is 0.138. The van der Waals surface area contributed by atoms with E-state index in [1.807, 2.05) is 6.92 Å². The molecule has 1 aromatic rings. The summed E-state index contributed by atoms with van der Waals surface area (Å²) in [4.78, 5) is 32.7. The summed E-state index contributed by atoms with van der Waals surface area (Å²) in [6.07, 6.45) is 2.15. The van der Waals surface area contributed by atoms with Crippen LogP contribution in [0.5, 0.6) is 0 Å². The number of carbonyl (C=O) groups is 2. The highest BCUT2D eigenvalue weighted by Gasteiger charge is 2.25. The Balaban J connectivity index is 2.37. The second-order valence-electron chi connectivity index (χ2n) is 3.96. The van der Waals surface area contributed by atoms with Crippen LogP contribution in [-0.2, 0) is 16.0 Å². The van der Waals surface area contributed by atoms with Crippen molar-refractivity contribution >= 4 is 23.5 Å². The van der Waals surface area contributed by atoms with Gasteiger partial charge in [0.15, 0.2) is 0 Å². The molecule has 1 saturated heterocycles. The molecule has 2 rings (SSSR count). The van der Waals surface area contributed by atoms with Crippen molar-refractivity contribution in [2.75, 3.05) is 30.4 Å². The Morgan fingerprint density at radius 3 is 2.56 bits per heavy atom. The van der Waals surface area contributed by atoms with Crippen LogP contribution in [0.3, 0.4) is 0 Å². The summed E-state index contributed by atoms with van der Waals surface area (Å²) in [5.74, 6) is 0.747. The van der Waals surface area contributed by atoms with Crippen molar-refractivity contribution in [3.8, 4) is 0 Å². The summed E-state index contributed by atoms with van der Waals surface area (Å²) >= 11 is 0. The molecule has 0 aliphatic carbocycles. The van der Waals surface area contributed by atoms with E-state index < -0.39 is 0 Å². The molecule has 0 unspecified atom stereocenters. The van der Waals surface area contributed by atoms with E-state index in [-0.39, 0.29) is 24.9 Å². The molecule has 0 radical (unpaired) electrons. The van der Waals surface area contributed by atoms with Gasteiger partial charge in [0.2, 0.25) is 11.8 Å². The zero-order chi connectivity index (χ0) is 13.1. The Bertz CT molecular complexity index is 472. The molecular weight excluding hydrogens is 234 g/mol. The van der Waals surface area contributed by atoms with Crippen LogP contribution in [0.2, 0.25) is 0 Å². The predicted molar refractivity (Wildman–Crippen MR) is 66.3 cm³/mol. The van der Waals surface area contributed by atoms with Gasteiger partial charge in [0.1, 0.15) is 18.0 Å². The number of anilines is 2. The second kappa shape index (κ2) is 4.99. The minimum Gasteiger partial charge on any atom is -0.373 e. The maximum Gasteiger partial charge on any atom is 0.246 e. The largest absolute Gasteiger partial charge is 0.373 e. The number of nitrogens with one attached hydrogen (secondary N) is 2. The molecular formula is C11H15N5O2. The highest BCUT2D eigenvalue weighted by Crippen LogP contribution is 2.23. The van der Waals surface area contributed by atoms with E-state index in [0.717, 1.165) is 17.8 Å². The summed E-state index contributed by atoms with van der Waals surface area (Å²) in [5.41, 5.74) is 0.905. The fourth-order valence-electron chi connectivity index (χ4n) is 2.00. The normalized spacial score (nSPS) is 15.6. The van der Waals surface area contributed by atoms with Gasteiger partial charge in [-0.3, -0.25) is 14.9 Å². The van der Waals surface area contributed by atoms with Crippen LogP contribution >= 0.6 is 0 Å². The van der Waals surface area contributed by atoms with Gasteiger partial charge in [-0.05, 0) is 6.42 Å². The minimum atomic E-state index is -0.307. The number of carbonyl (C=O) groups excluding carboxylic acids is 2. The molecule has 0 atom stereocenters. The van der Waals surface area contributed by atoms with E-state index in [9.17, 15) is 9.59 Å². The Kier molecular flexibility index (Phi) is 3.40. The molecule has 0 spiro atoms. The van der Waals surface area contributed by atoms with Gasteiger partial charge in [-0.2, -0.15) is 0 Å². The number of rotatable bonds is 3. The van der Waals surface area contributed by atoms with Gasteiger partial charge in [0.05, 0.1) is 13.1 Å². The number of amides is 2. The molecule has 2 amide bonds. The highest BCUT2D eigenvalue weighted by atomic mass is 16.2. The van der Waals surface area contributed by atoms with E-state index in [2.05, 4.69) is 20.6 Å². The van der Waals surface area contributed by atoms with Gasteiger partial charge in [0, 0.05) is 12.6 Å². The summed E-state index contributed by atoms with van der Waals surface area (Å²) in [6, 6.07) is 0. The molecule has 7 nitrogen and oxygen atoms in total. The molecule has 0 saturated carbocycles. The summed E-state index contributed by atoms with van der Waals surface area (Å²) < 4.78 is 0. The van der Waals surface area contributed by atoms with Crippen LogP contribution < -0.4 is 15.5 Å². The first-order chi connectivity index (χ1) is 8.65. The molecule has 0 aromatic carbocycles. The third kappa shape index (κ3) is 2.24. The lowest BCUT2D eigenvalue weighted by molar-refractivity contribution is -0.130. The molecule has 1 aliphatic rings. The van der Waals surface area contributed by atoms with Crippen molar-refractivity contribution < 1.29 is 9.59 Å². The van der Waals surface area contributed by atoms with Gasteiger partial charge in [-0.25, -0.2) is 9.97 Å². The highest BCUT2D eigenvalue weighted by molar-refractivity contribution is 6.02. The smallest absolute Gasteiger partial charge is 0.246 e. The topological polar surface area (TPSA) is 87.2 Å². The van der Waals surface area contributed by atoms with E-state index in [1.54, 1.807) is 11.9 Å². The molecule has 7 heteroatoms. The van der Waals surface area contributed by atoms with Crippen LogP contribution in [0.1, 0.15) is 12.5 Å². The fourth-order valence-corrected chi connectivity index (χ4v) is 2.00. The van der Waals surface area contributed by atoms with Crippen LogP contribution in [0.4, 0.5) is 11.6 Å². The van der Waals surface area contributed by atoms with Gasteiger partial charge in [-0.1, -0.05) is 6.92 Å². The molecule has 18 heavy (non-hydrogen) atoms. The standard InChI is InChI=1S/C11H15N5O2/c1-3-7-10(12-2)13-6-14-11(7)16-4-8(17)15-9(18)5-16/h6H,3-5H2,1-2H3,(H,12,13,14)(H,15,17,18). The van der Waals surface area contributed by atoms with Gasteiger partial charge in [0.25, 0.3) is 0 Å². The zero-order valence-corrected chi connectivity index (χ0v) is 10.4. The lowest BCUT2D eigenvalue weighted by Crippen LogP contribution is -2.52. The maximum absolute atomic E-state index is 11.4. The molecule has 0 bridgehead atoms. The molecule has 1 fully saturated rings. The number of piperazine rings is 1. The summed E-state index contributed by atoms with van der Waals surface area (Å²) in [5, 5.41) is 5.25. The molecule has 1 aliphatic heterocycles. The Morgan fingerprint density at radius 1 is 1.33 bits per heavy atom. The van der Waals surface area contributed by atoms with Gasteiger partial charge < -0.3 is 10.2 Å². The molecule has 1 aromatic heterocycles. The van der Waals surface area contributed by atoms with Crippen LogP contribution in [0.25, 0.3) is 0 Å². The summed E-state index contributed by atoms with van der Waals surface area (Å²) in [6.45, 7) is 2.26. The van der Waals surface area contributed by atoms with Crippen molar-refractivity contribution in [2.45, 2.75) is 13.3 Å². The Hall–Kier alpha value is -2.18. The number of nitrogens with zero attached hydrogens (tertiary/aromatic N) is 3. The number of aromatic nitrogens is 2. The lowest BCUT2D eigenvalue weighted by Gasteiger charge is -2.28. The van der Waals surface area contributed by atoms with Crippen molar-refractivity contribution in [1.29, 1.82) is 0 Å². The Labute approximate surface area is 105 Å². The van der Waals surface area contributed by atoms with Crippen LogP contribution in [-0.4, -0.2) is 41.9 Å². The maximum atomic E-state index is 11.4. The quantitative estimate of drug-likeness (QED) is 0.705. The fraction of sp³-hybridized carbons (Fsp3) is 0.455. The van der Waals surface area contributed by atoms with Crippen molar-refractivity contribution in [1.82, 2.24) is 15.3 Å². The SMILES string of the molecule is CCc1c(NC)ncnc1N1CC(=O)NC(=O)C1. The van der Waals surface area contributed by atoms with Gasteiger partial charge >= 0.3 is 0 Å². The van der Waals surface area contributed by atoms with Crippen LogP contribution in [0.15, 0.2) is 6.33 Å². The van der Waals surface area contributed by atoms with Crippen molar-refractivity contribution in [3.05, 3.63) is 11.9 Å². The van der Waals surface area contributed by atoms with Gasteiger partial charge in [-0.15, -0.1) is 0 Å². The van der Waals surface area contributed by atoms with E-state index >= 15 is 0 Å². The third-order valence-electron chi connectivity index (χ3n) is 2.76. The molecule has 2 heterocycles. The predicted octanol–water partition coefficient (Wildman–Crippen LogP) is -0.456.